The van der Waals surface area contributed by atoms with Gasteiger partial charge in [0, 0.05) is 53.9 Å². The van der Waals surface area contributed by atoms with E-state index in [1.54, 1.807) is 0 Å². The van der Waals surface area contributed by atoms with Crippen LogP contribution in [0.25, 0.3) is 0 Å². The number of carbonyl (C=O) groups excluding carboxylic acids is 2. The lowest BCUT2D eigenvalue weighted by molar-refractivity contribution is 0.0945. The van der Waals surface area contributed by atoms with E-state index in [0.29, 0.717) is 30.3 Å². The molecule has 2 amide bonds. The summed E-state index contributed by atoms with van der Waals surface area (Å²) in [5.74, 6) is -0.0499. The van der Waals surface area contributed by atoms with Crippen LogP contribution in [0.15, 0.2) is 48.5 Å². The molecule has 0 aromatic heterocycles. The molecule has 6 nitrogen and oxygen atoms in total. The molecule has 0 saturated carbocycles. The van der Waals surface area contributed by atoms with Crippen molar-refractivity contribution in [3.63, 3.8) is 0 Å². The number of benzene rings is 2. The highest BCUT2D eigenvalue weighted by Gasteiger charge is 2.06. The number of nitrogens with one attached hydrogen (secondary N) is 4. The van der Waals surface area contributed by atoms with Gasteiger partial charge < -0.3 is 21.3 Å². The van der Waals surface area contributed by atoms with Gasteiger partial charge in [-0.3, -0.25) is 9.59 Å². The van der Waals surface area contributed by atoms with Crippen molar-refractivity contribution in [1.82, 2.24) is 10.6 Å². The summed E-state index contributed by atoms with van der Waals surface area (Å²) >= 11 is 0. The fourth-order valence-electron chi connectivity index (χ4n) is 3.38. The molecule has 4 N–H and O–H groups in total. The summed E-state index contributed by atoms with van der Waals surface area (Å²) in [6.45, 7) is 8.45. The summed E-state index contributed by atoms with van der Waals surface area (Å²) in [6.07, 6.45) is 5.15. The van der Waals surface area contributed by atoms with E-state index in [1.165, 1.54) is 0 Å². The molecule has 0 radical (unpaired) electrons. The maximum Gasteiger partial charge on any atom is 0.251 e. The fraction of sp³-hybridized carbons (Fsp3) is 0.462. The highest BCUT2D eigenvalue weighted by molar-refractivity contribution is 5.95. The molecular weight excluding hydrogens is 400 g/mol. The van der Waals surface area contributed by atoms with Crippen LogP contribution in [-0.2, 0) is 0 Å². The van der Waals surface area contributed by atoms with Crippen LogP contribution in [0.1, 0.15) is 79.3 Å². The van der Waals surface area contributed by atoms with Crippen molar-refractivity contribution in [1.29, 1.82) is 0 Å². The Kier molecular flexibility index (Phi) is 11.1. The van der Waals surface area contributed by atoms with Crippen LogP contribution in [-0.4, -0.2) is 37.5 Å². The Hall–Kier alpha value is -3.02. The number of unbranched alkanes of at least 4 members (excludes halogenated alkanes) is 4. The van der Waals surface area contributed by atoms with Gasteiger partial charge in [0.1, 0.15) is 0 Å². The van der Waals surface area contributed by atoms with E-state index in [-0.39, 0.29) is 17.5 Å². The summed E-state index contributed by atoms with van der Waals surface area (Å²) in [7, 11) is 0. The SMILES string of the molecule is CCNc1ccc(C(=O)NCCCCCCCNC(=O)c2ccc(NC(C)C)cc2)cc1.[HH].[HH].[HH].[HH]. The van der Waals surface area contributed by atoms with Gasteiger partial charge in [-0.1, -0.05) is 19.3 Å². The third-order valence-corrected chi connectivity index (χ3v) is 5.06. The molecule has 0 spiro atoms. The van der Waals surface area contributed by atoms with Crippen molar-refractivity contribution < 1.29 is 15.3 Å². The molecule has 0 bridgehead atoms. The van der Waals surface area contributed by atoms with Crippen LogP contribution in [0.3, 0.4) is 0 Å². The Morgan fingerprint density at radius 3 is 1.59 bits per heavy atom. The smallest absolute Gasteiger partial charge is 0.251 e. The van der Waals surface area contributed by atoms with E-state index in [2.05, 4.69) is 35.1 Å². The molecule has 32 heavy (non-hydrogen) atoms. The number of amides is 2. The summed E-state index contributed by atoms with van der Waals surface area (Å²) in [4.78, 5) is 24.4. The van der Waals surface area contributed by atoms with Crippen LogP contribution >= 0.6 is 0 Å². The number of hydrogen-bond donors (Lipinski definition) is 4. The first-order valence-corrected chi connectivity index (χ1v) is 11.8. The number of carbonyl (C=O) groups is 2. The predicted octanol–water partition coefficient (Wildman–Crippen LogP) is 6.03. The Balaban J connectivity index is -0.00000272. The van der Waals surface area contributed by atoms with Crippen molar-refractivity contribution in [2.75, 3.05) is 30.3 Å². The van der Waals surface area contributed by atoms with Crippen LogP contribution in [0.5, 0.6) is 0 Å². The van der Waals surface area contributed by atoms with Crippen molar-refractivity contribution in [3.8, 4) is 0 Å². The monoisotopic (exact) mass is 446 g/mol. The first-order valence-electron chi connectivity index (χ1n) is 11.8. The molecule has 0 atom stereocenters. The minimum Gasteiger partial charge on any atom is -0.385 e. The first-order chi connectivity index (χ1) is 15.5. The third kappa shape index (κ3) is 9.41. The molecule has 2 rings (SSSR count). The van der Waals surface area contributed by atoms with Crippen molar-refractivity contribution in [2.24, 2.45) is 0 Å². The van der Waals surface area contributed by atoms with Gasteiger partial charge in [0.05, 0.1) is 0 Å². The molecule has 2 aromatic carbocycles. The van der Waals surface area contributed by atoms with Crippen molar-refractivity contribution >= 4 is 23.2 Å². The van der Waals surface area contributed by atoms with Crippen LogP contribution in [0.2, 0.25) is 0 Å². The Morgan fingerprint density at radius 2 is 1.16 bits per heavy atom. The van der Waals surface area contributed by atoms with Gasteiger partial charge in [-0.05, 0) is 82.1 Å². The van der Waals surface area contributed by atoms with Crippen molar-refractivity contribution in [3.05, 3.63) is 59.7 Å². The molecule has 0 aliphatic carbocycles. The molecule has 0 unspecified atom stereocenters. The zero-order valence-electron chi connectivity index (χ0n) is 19.7. The lowest BCUT2D eigenvalue weighted by Crippen LogP contribution is -2.24. The van der Waals surface area contributed by atoms with Gasteiger partial charge >= 0.3 is 0 Å². The largest absolute Gasteiger partial charge is 0.385 e. The molecule has 0 fully saturated rings. The van der Waals surface area contributed by atoms with E-state index in [4.69, 9.17) is 0 Å². The minimum atomic E-state index is -0.0256. The summed E-state index contributed by atoms with van der Waals surface area (Å²) < 4.78 is 0. The second kappa shape index (κ2) is 14.1. The summed E-state index contributed by atoms with van der Waals surface area (Å²) in [5.41, 5.74) is 3.42. The summed E-state index contributed by atoms with van der Waals surface area (Å²) in [5, 5.41) is 12.5. The Bertz CT molecular complexity index is 835. The lowest BCUT2D eigenvalue weighted by Gasteiger charge is -2.10. The third-order valence-electron chi connectivity index (χ3n) is 5.06. The quantitative estimate of drug-likeness (QED) is 0.267. The van der Waals surface area contributed by atoms with Crippen LogP contribution in [0, 0.1) is 0 Å². The van der Waals surface area contributed by atoms with Crippen molar-refractivity contribution in [2.45, 2.75) is 58.9 Å². The minimum absolute atomic E-state index is 0. The number of anilines is 2. The normalized spacial score (nSPS) is 10.6. The highest BCUT2D eigenvalue weighted by atomic mass is 16.2. The zero-order chi connectivity index (χ0) is 23.2. The van der Waals surface area contributed by atoms with Gasteiger partial charge in [-0.15, -0.1) is 0 Å². The topological polar surface area (TPSA) is 82.3 Å². The Morgan fingerprint density at radius 1 is 0.719 bits per heavy atom. The van der Waals surface area contributed by atoms with E-state index in [1.807, 2.05) is 55.5 Å². The molecule has 182 valence electrons. The molecule has 0 saturated heterocycles. The van der Waals surface area contributed by atoms with E-state index < -0.39 is 0 Å². The molecule has 2 aromatic rings. The van der Waals surface area contributed by atoms with Gasteiger partial charge in [-0.25, -0.2) is 0 Å². The fourth-order valence-corrected chi connectivity index (χ4v) is 3.38. The maximum atomic E-state index is 12.2. The maximum absolute atomic E-state index is 12.2. The lowest BCUT2D eigenvalue weighted by atomic mass is 10.1. The predicted molar refractivity (Wildman–Crippen MR) is 142 cm³/mol. The molecule has 0 aliphatic rings. The number of rotatable bonds is 14. The molecular formula is C26H46N4O2. The second-order valence-electron chi connectivity index (χ2n) is 8.26. The van der Waals surface area contributed by atoms with Gasteiger partial charge in [0.25, 0.3) is 11.8 Å². The average molecular weight is 447 g/mol. The molecule has 0 heterocycles. The van der Waals surface area contributed by atoms with Gasteiger partial charge in [0.15, 0.2) is 0 Å². The summed E-state index contributed by atoms with van der Waals surface area (Å²) in [6, 6.07) is 15.5. The molecule has 6 heteroatoms. The van der Waals surface area contributed by atoms with Gasteiger partial charge in [-0.2, -0.15) is 0 Å². The molecule has 0 aliphatic heterocycles. The Labute approximate surface area is 198 Å². The van der Waals surface area contributed by atoms with E-state index in [9.17, 15) is 9.59 Å². The van der Waals surface area contributed by atoms with Crippen LogP contribution < -0.4 is 21.3 Å². The van der Waals surface area contributed by atoms with Crippen LogP contribution in [0.4, 0.5) is 11.4 Å². The van der Waals surface area contributed by atoms with E-state index >= 15 is 0 Å². The highest BCUT2D eigenvalue weighted by Crippen LogP contribution is 2.11. The number of hydrogen-bond acceptors (Lipinski definition) is 4. The standard InChI is InChI=1S/C26H38N4O2.4H2/c1-4-27-23-14-10-21(11-15-23)25(31)28-18-8-6-5-7-9-19-29-26(32)22-12-16-24(17-13-22)30-20(2)3;;;;/h10-17,20,27,30H,4-9,18-19H2,1-3H3,(H,28,31)(H,29,32);4*1H. The van der Waals surface area contributed by atoms with E-state index in [0.717, 1.165) is 50.0 Å². The van der Waals surface area contributed by atoms with Gasteiger partial charge in [0.2, 0.25) is 0 Å². The first kappa shape index (κ1) is 25.2. The zero-order valence-corrected chi connectivity index (χ0v) is 19.7. The second-order valence-corrected chi connectivity index (χ2v) is 8.26. The average Bonchev–Trinajstić information content (AvgIpc) is 2.78.